The van der Waals surface area contributed by atoms with E-state index in [1.165, 1.54) is 6.08 Å². The SMILES string of the molecule is COc1ccc(/C=C/C=O)c(Cl)c1. The molecule has 1 aromatic carbocycles. The number of hydrogen-bond donors (Lipinski definition) is 0. The number of rotatable bonds is 3. The second-order valence-corrected chi connectivity index (χ2v) is 2.79. The quantitative estimate of drug-likeness (QED) is 0.549. The molecule has 0 unspecified atom stereocenters. The fourth-order valence-corrected chi connectivity index (χ4v) is 1.15. The Bertz CT molecular complexity index is 332. The molecule has 0 radical (unpaired) electrons. The van der Waals surface area contributed by atoms with E-state index in [1.807, 2.05) is 0 Å². The number of halogens is 1. The number of allylic oxidation sites excluding steroid dienone is 1. The molecule has 0 spiro atoms. The van der Waals surface area contributed by atoms with Crippen molar-refractivity contribution in [2.75, 3.05) is 7.11 Å². The van der Waals surface area contributed by atoms with Gasteiger partial charge in [0.25, 0.3) is 0 Å². The Morgan fingerprint density at radius 3 is 2.77 bits per heavy atom. The average Bonchev–Trinajstić information content (AvgIpc) is 2.16. The topological polar surface area (TPSA) is 26.3 Å². The number of hydrogen-bond acceptors (Lipinski definition) is 2. The summed E-state index contributed by atoms with van der Waals surface area (Å²) in [5, 5.41) is 0.567. The Morgan fingerprint density at radius 2 is 2.23 bits per heavy atom. The Labute approximate surface area is 81.8 Å². The van der Waals surface area contributed by atoms with Crippen LogP contribution in [-0.4, -0.2) is 13.4 Å². The summed E-state index contributed by atoms with van der Waals surface area (Å²) in [5.74, 6) is 0.702. The van der Waals surface area contributed by atoms with Crippen LogP contribution in [0.3, 0.4) is 0 Å². The minimum absolute atomic E-state index is 0.567. The van der Waals surface area contributed by atoms with Crippen molar-refractivity contribution in [3.05, 3.63) is 34.9 Å². The number of carbonyl (C=O) groups is 1. The molecule has 0 aliphatic carbocycles. The highest BCUT2D eigenvalue weighted by molar-refractivity contribution is 6.32. The minimum Gasteiger partial charge on any atom is -0.497 e. The molecule has 0 aliphatic rings. The lowest BCUT2D eigenvalue weighted by Crippen LogP contribution is -1.83. The van der Waals surface area contributed by atoms with Crippen LogP contribution in [0.4, 0.5) is 0 Å². The lowest BCUT2D eigenvalue weighted by Gasteiger charge is -2.01. The summed E-state index contributed by atoms with van der Waals surface area (Å²) < 4.78 is 4.98. The fraction of sp³-hybridized carbons (Fsp3) is 0.100. The van der Waals surface area contributed by atoms with Gasteiger partial charge in [0.2, 0.25) is 0 Å². The van der Waals surface area contributed by atoms with Crippen molar-refractivity contribution in [2.45, 2.75) is 0 Å². The zero-order valence-corrected chi connectivity index (χ0v) is 7.91. The molecule has 0 atom stereocenters. The zero-order valence-electron chi connectivity index (χ0n) is 7.16. The third kappa shape index (κ3) is 2.60. The van der Waals surface area contributed by atoms with E-state index in [4.69, 9.17) is 16.3 Å². The third-order valence-electron chi connectivity index (χ3n) is 1.56. The first-order chi connectivity index (χ1) is 6.27. The van der Waals surface area contributed by atoms with Gasteiger partial charge in [0.15, 0.2) is 0 Å². The molecule has 0 saturated carbocycles. The Morgan fingerprint density at radius 1 is 1.46 bits per heavy atom. The average molecular weight is 197 g/mol. The van der Waals surface area contributed by atoms with Crippen LogP contribution < -0.4 is 4.74 Å². The van der Waals surface area contributed by atoms with Gasteiger partial charge in [-0.3, -0.25) is 4.79 Å². The molecule has 0 saturated heterocycles. The largest absolute Gasteiger partial charge is 0.497 e. The molecule has 0 heterocycles. The summed E-state index contributed by atoms with van der Waals surface area (Å²) in [6.45, 7) is 0. The van der Waals surface area contributed by atoms with Crippen LogP contribution >= 0.6 is 11.6 Å². The van der Waals surface area contributed by atoms with Crippen molar-refractivity contribution >= 4 is 24.0 Å². The molecule has 0 aromatic heterocycles. The summed E-state index contributed by atoms with van der Waals surface area (Å²) in [6, 6.07) is 5.28. The van der Waals surface area contributed by atoms with Gasteiger partial charge in [0.05, 0.1) is 12.1 Å². The summed E-state index contributed by atoms with van der Waals surface area (Å²) in [7, 11) is 1.58. The van der Waals surface area contributed by atoms with Crippen molar-refractivity contribution < 1.29 is 9.53 Å². The first-order valence-electron chi connectivity index (χ1n) is 3.73. The van der Waals surface area contributed by atoms with Crippen molar-refractivity contribution in [3.8, 4) is 5.75 Å². The molecular weight excluding hydrogens is 188 g/mol. The molecule has 0 fully saturated rings. The summed E-state index contributed by atoms with van der Waals surface area (Å²) >= 11 is 5.90. The van der Waals surface area contributed by atoms with Crippen LogP contribution in [0, 0.1) is 0 Å². The predicted molar refractivity (Wildman–Crippen MR) is 53.1 cm³/mol. The Hall–Kier alpha value is -1.28. The van der Waals surface area contributed by atoms with E-state index in [-0.39, 0.29) is 0 Å². The highest BCUT2D eigenvalue weighted by Gasteiger charge is 1.97. The second kappa shape index (κ2) is 4.67. The highest BCUT2D eigenvalue weighted by atomic mass is 35.5. The maximum absolute atomic E-state index is 10.1. The minimum atomic E-state index is 0.567. The third-order valence-corrected chi connectivity index (χ3v) is 1.89. The van der Waals surface area contributed by atoms with Gasteiger partial charge < -0.3 is 4.74 Å². The van der Waals surface area contributed by atoms with Gasteiger partial charge in [-0.1, -0.05) is 17.7 Å². The van der Waals surface area contributed by atoms with E-state index in [0.717, 1.165) is 5.56 Å². The first-order valence-corrected chi connectivity index (χ1v) is 4.11. The van der Waals surface area contributed by atoms with E-state index >= 15 is 0 Å². The lowest BCUT2D eigenvalue weighted by atomic mass is 10.2. The number of benzene rings is 1. The van der Waals surface area contributed by atoms with Gasteiger partial charge >= 0.3 is 0 Å². The number of carbonyl (C=O) groups excluding carboxylic acids is 1. The zero-order chi connectivity index (χ0) is 9.68. The van der Waals surface area contributed by atoms with Crippen LogP contribution in [0.25, 0.3) is 6.08 Å². The van der Waals surface area contributed by atoms with E-state index in [0.29, 0.717) is 17.1 Å². The van der Waals surface area contributed by atoms with E-state index in [2.05, 4.69) is 0 Å². The molecule has 68 valence electrons. The molecule has 0 amide bonds. The van der Waals surface area contributed by atoms with Crippen molar-refractivity contribution in [2.24, 2.45) is 0 Å². The fourth-order valence-electron chi connectivity index (χ4n) is 0.913. The molecule has 0 bridgehead atoms. The van der Waals surface area contributed by atoms with Crippen LogP contribution in [0.2, 0.25) is 5.02 Å². The van der Waals surface area contributed by atoms with Gasteiger partial charge in [0, 0.05) is 0 Å². The molecule has 2 nitrogen and oxygen atoms in total. The van der Waals surface area contributed by atoms with Crippen LogP contribution in [0.15, 0.2) is 24.3 Å². The maximum atomic E-state index is 10.1. The molecule has 13 heavy (non-hydrogen) atoms. The Kier molecular flexibility index (Phi) is 3.53. The van der Waals surface area contributed by atoms with Gasteiger partial charge in [-0.25, -0.2) is 0 Å². The molecule has 0 aliphatic heterocycles. The lowest BCUT2D eigenvalue weighted by molar-refractivity contribution is -0.104. The van der Waals surface area contributed by atoms with Crippen molar-refractivity contribution in [1.82, 2.24) is 0 Å². The standard InChI is InChI=1S/C10H9ClO2/c1-13-9-5-4-8(3-2-6-12)10(11)7-9/h2-7H,1H3/b3-2+. The van der Waals surface area contributed by atoms with E-state index in [1.54, 1.807) is 31.4 Å². The Balaban J connectivity index is 2.98. The van der Waals surface area contributed by atoms with Crippen LogP contribution in [0.1, 0.15) is 5.56 Å². The van der Waals surface area contributed by atoms with Crippen LogP contribution in [-0.2, 0) is 4.79 Å². The van der Waals surface area contributed by atoms with Gasteiger partial charge in [-0.2, -0.15) is 0 Å². The monoisotopic (exact) mass is 196 g/mol. The number of ether oxygens (including phenoxy) is 1. The maximum Gasteiger partial charge on any atom is 0.142 e. The second-order valence-electron chi connectivity index (χ2n) is 2.38. The van der Waals surface area contributed by atoms with E-state index in [9.17, 15) is 4.79 Å². The van der Waals surface area contributed by atoms with Gasteiger partial charge in [-0.15, -0.1) is 0 Å². The summed E-state index contributed by atoms with van der Waals surface area (Å²) in [5.41, 5.74) is 0.801. The van der Waals surface area contributed by atoms with E-state index < -0.39 is 0 Å². The number of aldehydes is 1. The molecule has 0 N–H and O–H groups in total. The molecule has 1 aromatic rings. The highest BCUT2D eigenvalue weighted by Crippen LogP contribution is 2.22. The van der Waals surface area contributed by atoms with Gasteiger partial charge in [0.1, 0.15) is 12.0 Å². The summed E-state index contributed by atoms with van der Waals surface area (Å²) in [6.07, 6.45) is 3.75. The molecule has 3 heteroatoms. The van der Waals surface area contributed by atoms with Crippen molar-refractivity contribution in [3.63, 3.8) is 0 Å². The normalized spacial score (nSPS) is 10.3. The smallest absolute Gasteiger partial charge is 0.142 e. The van der Waals surface area contributed by atoms with Gasteiger partial charge in [-0.05, 0) is 29.8 Å². The molecule has 1 rings (SSSR count). The predicted octanol–water partition coefficient (Wildman–Crippen LogP) is 2.56. The van der Waals surface area contributed by atoms with Crippen LogP contribution in [0.5, 0.6) is 5.75 Å². The molecular formula is C10H9ClO2. The number of methoxy groups -OCH3 is 1. The first kappa shape index (κ1) is 9.81. The van der Waals surface area contributed by atoms with Crippen molar-refractivity contribution in [1.29, 1.82) is 0 Å². The summed E-state index contributed by atoms with van der Waals surface area (Å²) in [4.78, 5) is 10.1.